The highest BCUT2D eigenvalue weighted by Crippen LogP contribution is 2.24. The Kier molecular flexibility index (Phi) is 5.83. The lowest BCUT2D eigenvalue weighted by Gasteiger charge is -2.15. The van der Waals surface area contributed by atoms with Gasteiger partial charge in [0.2, 0.25) is 0 Å². The lowest BCUT2D eigenvalue weighted by atomic mass is 10.1. The number of amides is 1. The lowest BCUT2D eigenvalue weighted by Crippen LogP contribution is -2.38. The van der Waals surface area contributed by atoms with Crippen LogP contribution in [0.1, 0.15) is 23.6 Å². The third kappa shape index (κ3) is 4.91. The number of nitrogens with one attached hydrogen (secondary N) is 1. The molecule has 0 aromatic heterocycles. The summed E-state index contributed by atoms with van der Waals surface area (Å²) in [5.41, 5.74) is 3.30. The third-order valence-corrected chi connectivity index (χ3v) is 2.78. The predicted molar refractivity (Wildman–Crippen MR) is 75.6 cm³/mol. The van der Waals surface area contributed by atoms with Crippen molar-refractivity contribution in [3.63, 3.8) is 0 Å². The highest BCUT2D eigenvalue weighted by atomic mass is 16.5. The van der Waals surface area contributed by atoms with Gasteiger partial charge < -0.3 is 14.8 Å². The molecule has 0 fully saturated rings. The van der Waals surface area contributed by atoms with Crippen molar-refractivity contribution in [1.29, 1.82) is 0 Å². The van der Waals surface area contributed by atoms with Crippen molar-refractivity contribution in [2.75, 3.05) is 20.3 Å². The van der Waals surface area contributed by atoms with E-state index < -0.39 is 0 Å². The quantitative estimate of drug-likeness (QED) is 0.857. The van der Waals surface area contributed by atoms with Crippen molar-refractivity contribution < 1.29 is 14.3 Å². The first-order valence-corrected chi connectivity index (χ1v) is 6.43. The van der Waals surface area contributed by atoms with Crippen LogP contribution in [0, 0.1) is 20.8 Å². The summed E-state index contributed by atoms with van der Waals surface area (Å²) in [6, 6.07) is 4.09. The number of carbonyl (C=O) groups excluding carboxylic acids is 1. The molecule has 1 atom stereocenters. The Bertz CT molecular complexity index is 420. The molecular weight excluding hydrogens is 242 g/mol. The Balaban J connectivity index is 2.55. The van der Waals surface area contributed by atoms with Crippen LogP contribution < -0.4 is 10.1 Å². The van der Waals surface area contributed by atoms with Gasteiger partial charge in [0.05, 0.1) is 6.61 Å². The molecule has 0 saturated heterocycles. The van der Waals surface area contributed by atoms with Crippen molar-refractivity contribution in [3.8, 4) is 5.75 Å². The maximum atomic E-state index is 11.7. The second-order valence-electron chi connectivity index (χ2n) is 4.94. The maximum absolute atomic E-state index is 11.7. The highest BCUT2D eigenvalue weighted by Gasteiger charge is 2.10. The minimum atomic E-state index is -0.135. The Morgan fingerprint density at radius 1 is 1.26 bits per heavy atom. The van der Waals surface area contributed by atoms with Gasteiger partial charge in [-0.3, -0.25) is 4.79 Å². The molecule has 4 nitrogen and oxygen atoms in total. The number of aryl methyl sites for hydroxylation is 3. The van der Waals surface area contributed by atoms with Crippen molar-refractivity contribution in [2.24, 2.45) is 0 Å². The highest BCUT2D eigenvalue weighted by molar-refractivity contribution is 5.77. The van der Waals surface area contributed by atoms with E-state index in [4.69, 9.17) is 9.47 Å². The number of hydrogen-bond acceptors (Lipinski definition) is 3. The van der Waals surface area contributed by atoms with Crippen molar-refractivity contribution in [2.45, 2.75) is 33.7 Å². The monoisotopic (exact) mass is 265 g/mol. The predicted octanol–water partition coefficient (Wildman–Crippen LogP) is 2.14. The molecule has 0 radical (unpaired) electrons. The van der Waals surface area contributed by atoms with Crippen LogP contribution in [0.25, 0.3) is 0 Å². The number of benzene rings is 1. The van der Waals surface area contributed by atoms with E-state index in [2.05, 4.69) is 5.32 Å². The van der Waals surface area contributed by atoms with Gasteiger partial charge in [-0.15, -0.1) is 0 Å². The van der Waals surface area contributed by atoms with Crippen LogP contribution in [0.2, 0.25) is 0 Å². The summed E-state index contributed by atoms with van der Waals surface area (Å²) in [7, 11) is 1.61. The minimum absolute atomic E-state index is 0.0127. The van der Waals surface area contributed by atoms with Crippen molar-refractivity contribution in [1.82, 2.24) is 5.32 Å². The molecule has 1 rings (SSSR count). The zero-order valence-electron chi connectivity index (χ0n) is 12.4. The zero-order valence-corrected chi connectivity index (χ0v) is 12.4. The Labute approximate surface area is 115 Å². The van der Waals surface area contributed by atoms with E-state index in [1.165, 1.54) is 5.56 Å². The number of hydrogen-bond donors (Lipinski definition) is 1. The van der Waals surface area contributed by atoms with E-state index in [-0.39, 0.29) is 18.6 Å². The summed E-state index contributed by atoms with van der Waals surface area (Å²) in [4.78, 5) is 11.7. The molecule has 0 heterocycles. The molecule has 1 N–H and O–H groups in total. The first-order valence-electron chi connectivity index (χ1n) is 6.43. The van der Waals surface area contributed by atoms with E-state index in [0.29, 0.717) is 6.61 Å². The molecular formula is C15H23NO3. The second-order valence-corrected chi connectivity index (χ2v) is 4.94. The fraction of sp³-hybridized carbons (Fsp3) is 0.533. The molecule has 106 valence electrons. The topological polar surface area (TPSA) is 47.6 Å². The summed E-state index contributed by atoms with van der Waals surface area (Å²) in [5, 5.41) is 2.81. The van der Waals surface area contributed by atoms with Crippen LogP contribution in [0.3, 0.4) is 0 Å². The first-order chi connectivity index (χ1) is 8.93. The molecule has 1 aromatic rings. The molecule has 0 aliphatic carbocycles. The number of ether oxygens (including phenoxy) is 2. The molecule has 19 heavy (non-hydrogen) atoms. The van der Waals surface area contributed by atoms with Gasteiger partial charge in [0.15, 0.2) is 6.61 Å². The smallest absolute Gasteiger partial charge is 0.258 e. The average molecular weight is 265 g/mol. The molecule has 1 unspecified atom stereocenters. The molecule has 1 amide bonds. The largest absolute Gasteiger partial charge is 0.483 e. The van der Waals surface area contributed by atoms with Gasteiger partial charge in [-0.2, -0.15) is 0 Å². The number of methoxy groups -OCH3 is 1. The average Bonchev–Trinajstić information content (AvgIpc) is 2.27. The summed E-state index contributed by atoms with van der Waals surface area (Å²) < 4.78 is 10.6. The molecule has 1 aromatic carbocycles. The summed E-state index contributed by atoms with van der Waals surface area (Å²) in [5.74, 6) is 0.657. The normalized spacial score (nSPS) is 12.1. The van der Waals surface area contributed by atoms with E-state index in [1.54, 1.807) is 7.11 Å². The van der Waals surface area contributed by atoms with Gasteiger partial charge in [0.25, 0.3) is 5.91 Å². The van der Waals surface area contributed by atoms with Gasteiger partial charge in [-0.25, -0.2) is 0 Å². The Morgan fingerprint density at radius 2 is 1.84 bits per heavy atom. The Morgan fingerprint density at radius 3 is 2.37 bits per heavy atom. The van der Waals surface area contributed by atoms with Gasteiger partial charge in [0.1, 0.15) is 5.75 Å². The standard InChI is InChI=1S/C15H23NO3/c1-10-6-11(2)15(12(3)7-10)19-9-14(17)16-13(4)8-18-5/h6-7,13H,8-9H2,1-5H3,(H,16,17). The second kappa shape index (κ2) is 7.14. The lowest BCUT2D eigenvalue weighted by molar-refractivity contribution is -0.124. The molecule has 4 heteroatoms. The fourth-order valence-electron chi connectivity index (χ4n) is 2.14. The summed E-state index contributed by atoms with van der Waals surface area (Å²) in [6.07, 6.45) is 0. The van der Waals surface area contributed by atoms with E-state index >= 15 is 0 Å². The van der Waals surface area contributed by atoms with Crippen molar-refractivity contribution >= 4 is 5.91 Å². The first kappa shape index (κ1) is 15.5. The van der Waals surface area contributed by atoms with Crippen molar-refractivity contribution in [3.05, 3.63) is 28.8 Å². The van der Waals surface area contributed by atoms with Gasteiger partial charge >= 0.3 is 0 Å². The minimum Gasteiger partial charge on any atom is -0.483 e. The van der Waals surface area contributed by atoms with Gasteiger partial charge in [-0.05, 0) is 38.8 Å². The van der Waals surface area contributed by atoms with Gasteiger partial charge in [-0.1, -0.05) is 17.7 Å². The zero-order chi connectivity index (χ0) is 14.4. The molecule has 0 bridgehead atoms. The van der Waals surface area contributed by atoms with E-state index in [9.17, 15) is 4.79 Å². The maximum Gasteiger partial charge on any atom is 0.258 e. The van der Waals surface area contributed by atoms with Crippen LogP contribution in [0.4, 0.5) is 0 Å². The summed E-state index contributed by atoms with van der Waals surface area (Å²) >= 11 is 0. The van der Waals surface area contributed by atoms with Crippen LogP contribution in [0.5, 0.6) is 5.75 Å². The molecule has 0 aliphatic rings. The Hall–Kier alpha value is -1.55. The molecule has 0 aliphatic heterocycles. The van der Waals surface area contributed by atoms with E-state index in [1.807, 2.05) is 39.8 Å². The number of rotatable bonds is 6. The molecule has 0 spiro atoms. The van der Waals surface area contributed by atoms with Crippen LogP contribution in [0.15, 0.2) is 12.1 Å². The van der Waals surface area contributed by atoms with Gasteiger partial charge in [0, 0.05) is 13.2 Å². The van der Waals surface area contributed by atoms with Crippen LogP contribution >= 0.6 is 0 Å². The third-order valence-electron chi connectivity index (χ3n) is 2.78. The van der Waals surface area contributed by atoms with E-state index in [0.717, 1.165) is 16.9 Å². The van der Waals surface area contributed by atoms with Crippen LogP contribution in [-0.4, -0.2) is 32.3 Å². The summed E-state index contributed by atoms with van der Waals surface area (Å²) in [6.45, 7) is 8.43. The number of carbonyl (C=O) groups is 1. The SMILES string of the molecule is COCC(C)NC(=O)COc1c(C)cc(C)cc1C. The fourth-order valence-corrected chi connectivity index (χ4v) is 2.14. The molecule has 0 saturated carbocycles. The van der Waals surface area contributed by atoms with Crippen LogP contribution in [-0.2, 0) is 9.53 Å².